The van der Waals surface area contributed by atoms with E-state index in [-0.39, 0.29) is 0 Å². The molecule has 0 rings (SSSR count). The summed E-state index contributed by atoms with van der Waals surface area (Å²) in [6.07, 6.45) is -6.87. The van der Waals surface area contributed by atoms with E-state index in [0.717, 1.165) is 6.92 Å². The molecule has 0 aromatic rings. The summed E-state index contributed by atoms with van der Waals surface area (Å²) in [6, 6.07) is 0. The predicted molar refractivity (Wildman–Crippen MR) is 41.8 cm³/mol. The van der Waals surface area contributed by atoms with E-state index in [1.54, 1.807) is 0 Å². The van der Waals surface area contributed by atoms with Crippen LogP contribution in [0.25, 0.3) is 0 Å². The second-order valence-corrected chi connectivity index (χ2v) is 2.79. The van der Waals surface area contributed by atoms with Crippen molar-refractivity contribution in [1.29, 1.82) is 0 Å². The number of Topliss-reactive ketones (excluding diaryl/α,β-unsaturated/α-hetero) is 1. The first-order valence-corrected chi connectivity index (χ1v) is 3.75. The minimum absolute atomic E-state index is 0.725. The monoisotopic (exact) mass is 194 g/mol. The third-order valence-electron chi connectivity index (χ3n) is 1.67. The van der Waals surface area contributed by atoms with E-state index < -0.39 is 36.8 Å². The summed E-state index contributed by atoms with van der Waals surface area (Å²) in [6.45, 7) is 0.273. The van der Waals surface area contributed by atoms with Crippen molar-refractivity contribution >= 4 is 5.78 Å². The van der Waals surface area contributed by atoms with E-state index in [4.69, 9.17) is 25.5 Å². The van der Waals surface area contributed by atoms with E-state index in [1.807, 2.05) is 0 Å². The molecule has 0 aliphatic carbocycles. The molecule has 0 aliphatic rings. The molecule has 0 amide bonds. The molecule has 0 radical (unpaired) electrons. The maximum atomic E-state index is 10.5. The van der Waals surface area contributed by atoms with E-state index in [9.17, 15) is 4.79 Å². The maximum absolute atomic E-state index is 10.5. The Balaban J connectivity index is 4.24. The van der Waals surface area contributed by atoms with Gasteiger partial charge in [0, 0.05) is 0 Å². The van der Waals surface area contributed by atoms with Gasteiger partial charge in [0.15, 0.2) is 5.78 Å². The summed E-state index contributed by atoms with van der Waals surface area (Å²) in [5.41, 5.74) is 0. The first-order valence-electron chi connectivity index (χ1n) is 3.75. The van der Waals surface area contributed by atoms with E-state index in [0.29, 0.717) is 0 Å². The van der Waals surface area contributed by atoms with Gasteiger partial charge in [-0.15, -0.1) is 0 Å². The third-order valence-corrected chi connectivity index (χ3v) is 1.67. The number of hydrogen-bond acceptors (Lipinski definition) is 6. The largest absolute Gasteiger partial charge is 0.394 e. The van der Waals surface area contributed by atoms with Gasteiger partial charge in [-0.25, -0.2) is 0 Å². The molecule has 13 heavy (non-hydrogen) atoms. The van der Waals surface area contributed by atoms with Crippen molar-refractivity contribution in [2.75, 3.05) is 6.61 Å². The molecule has 6 nitrogen and oxygen atoms in total. The van der Waals surface area contributed by atoms with Crippen LogP contribution in [0, 0.1) is 0 Å². The fourth-order valence-electron chi connectivity index (χ4n) is 0.763. The lowest BCUT2D eigenvalue weighted by molar-refractivity contribution is -0.145. The summed E-state index contributed by atoms with van der Waals surface area (Å²) in [7, 11) is 0. The number of aliphatic hydroxyl groups is 5. The van der Waals surface area contributed by atoms with Crippen LogP contribution in [0.4, 0.5) is 0 Å². The van der Waals surface area contributed by atoms with Crippen molar-refractivity contribution in [2.45, 2.75) is 31.3 Å². The van der Waals surface area contributed by atoms with Crippen molar-refractivity contribution in [3.8, 4) is 0 Å². The van der Waals surface area contributed by atoms with Gasteiger partial charge >= 0.3 is 0 Å². The molecule has 6 heteroatoms. The van der Waals surface area contributed by atoms with Crippen molar-refractivity contribution in [3.63, 3.8) is 0 Å². The first kappa shape index (κ1) is 12.5. The second-order valence-electron chi connectivity index (χ2n) is 2.79. The number of carbonyl (C=O) groups excluding carboxylic acids is 1. The van der Waals surface area contributed by atoms with Crippen LogP contribution in [0.2, 0.25) is 0 Å². The fourth-order valence-corrected chi connectivity index (χ4v) is 0.763. The Hall–Kier alpha value is -0.530. The molecule has 5 N–H and O–H groups in total. The average molecular weight is 194 g/mol. The molecule has 0 bridgehead atoms. The molecule has 78 valence electrons. The van der Waals surface area contributed by atoms with Crippen LogP contribution in [-0.2, 0) is 4.79 Å². The number of hydrogen-bond donors (Lipinski definition) is 5. The van der Waals surface area contributed by atoms with Crippen molar-refractivity contribution in [2.24, 2.45) is 0 Å². The highest BCUT2D eigenvalue weighted by Crippen LogP contribution is 2.05. The summed E-state index contributed by atoms with van der Waals surface area (Å²) in [5.74, 6) is -0.725. The van der Waals surface area contributed by atoms with Crippen LogP contribution in [0.3, 0.4) is 0 Å². The Bertz CT molecular complexity index is 170. The highest BCUT2D eigenvalue weighted by molar-refractivity contribution is 5.80. The van der Waals surface area contributed by atoms with Crippen molar-refractivity contribution < 1.29 is 30.3 Å². The number of ketones is 1. The highest BCUT2D eigenvalue weighted by Gasteiger charge is 2.32. The average Bonchev–Trinajstić information content (AvgIpc) is 2.12. The van der Waals surface area contributed by atoms with E-state index in [2.05, 4.69) is 0 Å². The molecule has 4 atom stereocenters. The molecule has 0 saturated carbocycles. The van der Waals surface area contributed by atoms with Gasteiger partial charge in [-0.3, -0.25) is 4.79 Å². The van der Waals surface area contributed by atoms with Gasteiger partial charge in [-0.2, -0.15) is 0 Å². The lowest BCUT2D eigenvalue weighted by atomic mass is 10.0. The molecular formula is C7H14O6. The first-order chi connectivity index (χ1) is 5.91. The van der Waals surface area contributed by atoms with E-state index >= 15 is 0 Å². The van der Waals surface area contributed by atoms with Gasteiger partial charge in [0.05, 0.1) is 6.61 Å². The van der Waals surface area contributed by atoms with Crippen LogP contribution in [-0.4, -0.2) is 62.3 Å². The van der Waals surface area contributed by atoms with Crippen LogP contribution in [0.5, 0.6) is 0 Å². The maximum Gasteiger partial charge on any atom is 0.160 e. The van der Waals surface area contributed by atoms with Crippen LogP contribution in [0.1, 0.15) is 6.92 Å². The Morgan fingerprint density at radius 2 is 1.62 bits per heavy atom. The molecule has 0 aromatic heterocycles. The van der Waals surface area contributed by atoms with Gasteiger partial charge in [-0.05, 0) is 6.92 Å². The summed E-state index contributed by atoms with van der Waals surface area (Å²) in [4.78, 5) is 10.5. The Labute approximate surface area is 75.1 Å². The number of carbonyl (C=O) groups is 1. The van der Waals surface area contributed by atoms with Crippen LogP contribution >= 0.6 is 0 Å². The predicted octanol–water partition coefficient (Wildman–Crippen LogP) is -2.99. The summed E-state index contributed by atoms with van der Waals surface area (Å²) in [5, 5.41) is 44.3. The zero-order chi connectivity index (χ0) is 10.6. The standard InChI is InChI=1S/C7H14O6/c1-3(9)5(11)7(13)6(12)4(10)2-8/h4-8,10-13H,2H2,1H3/t4-,5-,6-,7+/m0/s1. The zero-order valence-electron chi connectivity index (χ0n) is 7.16. The number of aliphatic hydroxyl groups excluding tert-OH is 5. The van der Waals surface area contributed by atoms with Crippen LogP contribution < -0.4 is 0 Å². The smallest absolute Gasteiger partial charge is 0.160 e. The molecule has 0 aromatic carbocycles. The SMILES string of the molecule is CC(=O)[C@H](O)[C@@H](O)[C@@H](O)[C@@H](O)CO. The minimum atomic E-state index is -1.79. The Morgan fingerprint density at radius 1 is 1.15 bits per heavy atom. The molecule has 0 spiro atoms. The summed E-state index contributed by atoms with van der Waals surface area (Å²) < 4.78 is 0. The third kappa shape index (κ3) is 3.37. The van der Waals surface area contributed by atoms with Gasteiger partial charge < -0.3 is 25.5 Å². The minimum Gasteiger partial charge on any atom is -0.394 e. The zero-order valence-corrected chi connectivity index (χ0v) is 7.16. The second kappa shape index (κ2) is 5.25. The van der Waals surface area contributed by atoms with Crippen molar-refractivity contribution in [3.05, 3.63) is 0 Å². The normalized spacial score (nSPS) is 20.5. The quantitative estimate of drug-likeness (QED) is 0.318. The molecule has 0 unspecified atom stereocenters. The molecule has 0 aliphatic heterocycles. The van der Waals surface area contributed by atoms with Gasteiger partial charge in [0.1, 0.15) is 24.4 Å². The van der Waals surface area contributed by atoms with E-state index in [1.165, 1.54) is 0 Å². The Kier molecular flexibility index (Phi) is 5.04. The lowest BCUT2D eigenvalue weighted by Crippen LogP contribution is -2.48. The lowest BCUT2D eigenvalue weighted by Gasteiger charge is -2.23. The molecule has 0 heterocycles. The van der Waals surface area contributed by atoms with Gasteiger partial charge in [0.25, 0.3) is 0 Å². The topological polar surface area (TPSA) is 118 Å². The number of rotatable bonds is 5. The van der Waals surface area contributed by atoms with Crippen LogP contribution in [0.15, 0.2) is 0 Å². The van der Waals surface area contributed by atoms with Gasteiger partial charge in [-0.1, -0.05) is 0 Å². The molecule has 0 fully saturated rings. The Morgan fingerprint density at radius 3 is 1.92 bits per heavy atom. The molecular weight excluding hydrogens is 180 g/mol. The van der Waals surface area contributed by atoms with Gasteiger partial charge in [0.2, 0.25) is 0 Å². The highest BCUT2D eigenvalue weighted by atomic mass is 16.4. The fraction of sp³-hybridized carbons (Fsp3) is 0.857. The van der Waals surface area contributed by atoms with Crippen molar-refractivity contribution in [1.82, 2.24) is 0 Å². The summed E-state index contributed by atoms with van der Waals surface area (Å²) >= 11 is 0. The molecule has 0 saturated heterocycles.